The molecule has 1 atom stereocenters. The summed E-state index contributed by atoms with van der Waals surface area (Å²) in [6.07, 6.45) is 9.14. The second kappa shape index (κ2) is 8.30. The molecule has 0 spiro atoms. The maximum absolute atomic E-state index is 12.6. The summed E-state index contributed by atoms with van der Waals surface area (Å²) in [4.78, 5) is 26.3. The van der Waals surface area contributed by atoms with Gasteiger partial charge in [-0.15, -0.1) is 0 Å². The maximum atomic E-state index is 12.6. The Morgan fingerprint density at radius 1 is 1.16 bits per heavy atom. The Morgan fingerprint density at radius 2 is 2.00 bits per heavy atom. The van der Waals surface area contributed by atoms with E-state index < -0.39 is 0 Å². The number of benzene rings is 1. The van der Waals surface area contributed by atoms with Gasteiger partial charge in [-0.1, -0.05) is 30.7 Å². The summed E-state index contributed by atoms with van der Waals surface area (Å²) in [5, 5.41) is 3.08. The highest BCUT2D eigenvalue weighted by molar-refractivity contribution is 6.04. The van der Waals surface area contributed by atoms with Crippen molar-refractivity contribution in [3.63, 3.8) is 0 Å². The summed E-state index contributed by atoms with van der Waals surface area (Å²) in [7, 11) is 0. The number of hydrogen-bond acceptors (Lipinski definition) is 3. The Kier molecular flexibility index (Phi) is 5.87. The van der Waals surface area contributed by atoms with Crippen molar-refractivity contribution in [3.8, 4) is 0 Å². The molecular formula is C20H27N3O2. The number of allylic oxidation sites excluding steroid dienone is 1. The molecule has 134 valence electrons. The molecule has 5 heteroatoms. The Labute approximate surface area is 149 Å². The predicted molar refractivity (Wildman–Crippen MR) is 98.9 cm³/mol. The van der Waals surface area contributed by atoms with E-state index in [-0.39, 0.29) is 17.9 Å². The molecule has 1 saturated heterocycles. The van der Waals surface area contributed by atoms with Crippen molar-refractivity contribution in [3.05, 3.63) is 41.5 Å². The molecule has 0 bridgehead atoms. The lowest BCUT2D eigenvalue weighted by molar-refractivity contribution is -0.122. The van der Waals surface area contributed by atoms with Gasteiger partial charge in [-0.25, -0.2) is 0 Å². The topological polar surface area (TPSA) is 75.4 Å². The zero-order chi connectivity index (χ0) is 17.6. The van der Waals surface area contributed by atoms with Gasteiger partial charge >= 0.3 is 0 Å². The smallest absolute Gasteiger partial charge is 0.251 e. The van der Waals surface area contributed by atoms with E-state index in [1.54, 1.807) is 0 Å². The molecule has 0 unspecified atom stereocenters. The fraction of sp³-hybridized carbons (Fsp3) is 0.500. The van der Waals surface area contributed by atoms with Crippen LogP contribution in [0, 0.1) is 0 Å². The first-order chi connectivity index (χ1) is 12.1. The van der Waals surface area contributed by atoms with E-state index >= 15 is 0 Å². The van der Waals surface area contributed by atoms with Crippen LogP contribution in [0.15, 0.2) is 35.9 Å². The van der Waals surface area contributed by atoms with E-state index in [0.717, 1.165) is 61.9 Å². The first kappa shape index (κ1) is 17.7. The van der Waals surface area contributed by atoms with Gasteiger partial charge < -0.3 is 11.1 Å². The van der Waals surface area contributed by atoms with Crippen LogP contribution in [0.1, 0.15) is 50.5 Å². The van der Waals surface area contributed by atoms with Crippen molar-refractivity contribution < 1.29 is 9.59 Å². The van der Waals surface area contributed by atoms with Crippen molar-refractivity contribution in [1.29, 1.82) is 0 Å². The number of para-hydroxylation sites is 1. The fourth-order valence-corrected chi connectivity index (χ4v) is 3.76. The van der Waals surface area contributed by atoms with Crippen LogP contribution >= 0.6 is 0 Å². The molecule has 1 fully saturated rings. The van der Waals surface area contributed by atoms with Crippen LogP contribution in [0.3, 0.4) is 0 Å². The monoisotopic (exact) mass is 341 g/mol. The molecule has 1 aromatic carbocycles. The summed E-state index contributed by atoms with van der Waals surface area (Å²) >= 11 is 0. The zero-order valence-electron chi connectivity index (χ0n) is 14.7. The van der Waals surface area contributed by atoms with Crippen LogP contribution in [0.25, 0.3) is 0 Å². The molecule has 2 aliphatic rings. The van der Waals surface area contributed by atoms with Gasteiger partial charge in [0.05, 0.1) is 6.04 Å². The average Bonchev–Trinajstić information content (AvgIpc) is 2.89. The predicted octanol–water partition coefficient (Wildman–Crippen LogP) is 2.97. The molecule has 0 saturated carbocycles. The SMILES string of the molecule is NC(=O)[C@H]1CCCN1Cc1ccccc1NC(=O)C1=CCCCCC1. The number of rotatable bonds is 5. The summed E-state index contributed by atoms with van der Waals surface area (Å²) in [6, 6.07) is 7.63. The molecular weight excluding hydrogens is 314 g/mol. The molecule has 3 N–H and O–H groups in total. The van der Waals surface area contributed by atoms with Crippen LogP contribution in [0.4, 0.5) is 5.69 Å². The third kappa shape index (κ3) is 4.48. The van der Waals surface area contributed by atoms with Gasteiger partial charge in [0.2, 0.25) is 5.91 Å². The molecule has 25 heavy (non-hydrogen) atoms. The molecule has 0 radical (unpaired) electrons. The van der Waals surface area contributed by atoms with Crippen molar-refractivity contribution in [1.82, 2.24) is 4.90 Å². The lowest BCUT2D eigenvalue weighted by Crippen LogP contribution is -2.39. The van der Waals surface area contributed by atoms with Crippen molar-refractivity contribution in [2.24, 2.45) is 5.73 Å². The molecule has 2 amide bonds. The molecule has 5 nitrogen and oxygen atoms in total. The highest BCUT2D eigenvalue weighted by Gasteiger charge is 2.29. The number of anilines is 1. The van der Waals surface area contributed by atoms with Crippen molar-refractivity contribution in [2.75, 3.05) is 11.9 Å². The van der Waals surface area contributed by atoms with Gasteiger partial charge in [0, 0.05) is 17.8 Å². The van der Waals surface area contributed by atoms with Crippen molar-refractivity contribution >= 4 is 17.5 Å². The second-order valence-electron chi connectivity index (χ2n) is 6.97. The molecule has 3 rings (SSSR count). The highest BCUT2D eigenvalue weighted by Crippen LogP contribution is 2.25. The molecule has 1 aliphatic carbocycles. The molecule has 0 aromatic heterocycles. The number of likely N-dealkylation sites (tertiary alicyclic amines) is 1. The number of carbonyl (C=O) groups is 2. The van der Waals surface area contributed by atoms with E-state index in [9.17, 15) is 9.59 Å². The first-order valence-electron chi connectivity index (χ1n) is 9.27. The lowest BCUT2D eigenvalue weighted by Gasteiger charge is -2.23. The summed E-state index contributed by atoms with van der Waals surface area (Å²) < 4.78 is 0. The minimum atomic E-state index is -0.261. The number of carbonyl (C=O) groups excluding carboxylic acids is 2. The van der Waals surface area contributed by atoms with Gasteiger partial charge in [0.15, 0.2) is 0 Å². The Morgan fingerprint density at radius 3 is 2.84 bits per heavy atom. The third-order valence-corrected chi connectivity index (χ3v) is 5.16. The fourth-order valence-electron chi connectivity index (χ4n) is 3.76. The zero-order valence-corrected chi connectivity index (χ0v) is 14.7. The largest absolute Gasteiger partial charge is 0.368 e. The number of amides is 2. The van der Waals surface area contributed by atoms with Gasteiger partial charge in [-0.3, -0.25) is 14.5 Å². The standard InChI is InChI=1S/C20H27N3O2/c21-19(24)18-12-7-13-23(18)14-16-10-5-6-11-17(16)22-20(25)15-8-3-1-2-4-9-15/h5-6,8,10-11,18H,1-4,7,9,12-14H2,(H2,21,24)(H,22,25)/t18-/m1/s1. The lowest BCUT2D eigenvalue weighted by atomic mass is 10.1. The summed E-state index contributed by atoms with van der Waals surface area (Å²) in [6.45, 7) is 1.49. The van der Waals surface area contributed by atoms with E-state index in [2.05, 4.69) is 16.3 Å². The van der Waals surface area contributed by atoms with Crippen molar-refractivity contribution in [2.45, 2.75) is 57.5 Å². The Balaban J connectivity index is 1.71. The number of primary amides is 1. The average molecular weight is 341 g/mol. The normalized spacial score (nSPS) is 21.4. The van der Waals surface area contributed by atoms with E-state index in [1.807, 2.05) is 24.3 Å². The molecule has 1 aromatic rings. The number of hydrogen-bond donors (Lipinski definition) is 2. The number of nitrogens with zero attached hydrogens (tertiary/aromatic N) is 1. The van der Waals surface area contributed by atoms with Crippen LogP contribution in [0.5, 0.6) is 0 Å². The highest BCUT2D eigenvalue weighted by atomic mass is 16.2. The second-order valence-corrected chi connectivity index (χ2v) is 6.97. The Bertz CT molecular complexity index is 669. The van der Waals surface area contributed by atoms with Crippen LogP contribution < -0.4 is 11.1 Å². The van der Waals surface area contributed by atoms with E-state index in [0.29, 0.717) is 6.54 Å². The Hall–Kier alpha value is -2.14. The van der Waals surface area contributed by atoms with Gasteiger partial charge in [-0.2, -0.15) is 0 Å². The quantitative estimate of drug-likeness (QED) is 0.864. The maximum Gasteiger partial charge on any atom is 0.251 e. The van der Waals surface area contributed by atoms with Crippen LogP contribution in [-0.2, 0) is 16.1 Å². The van der Waals surface area contributed by atoms with E-state index in [1.165, 1.54) is 6.42 Å². The van der Waals surface area contributed by atoms with Gasteiger partial charge in [0.1, 0.15) is 0 Å². The first-order valence-corrected chi connectivity index (χ1v) is 9.27. The number of nitrogens with two attached hydrogens (primary N) is 1. The molecule has 1 aliphatic heterocycles. The third-order valence-electron chi connectivity index (χ3n) is 5.16. The number of nitrogens with one attached hydrogen (secondary N) is 1. The minimum absolute atomic E-state index is 0.00206. The van der Waals surface area contributed by atoms with Gasteiger partial charge in [0.25, 0.3) is 5.91 Å². The minimum Gasteiger partial charge on any atom is -0.368 e. The summed E-state index contributed by atoms with van der Waals surface area (Å²) in [5.74, 6) is -0.259. The van der Waals surface area contributed by atoms with Crippen LogP contribution in [0.2, 0.25) is 0 Å². The molecule has 1 heterocycles. The summed E-state index contributed by atoms with van der Waals surface area (Å²) in [5.41, 5.74) is 8.26. The van der Waals surface area contributed by atoms with E-state index in [4.69, 9.17) is 5.73 Å². The van der Waals surface area contributed by atoms with Crippen LogP contribution in [-0.4, -0.2) is 29.3 Å². The van der Waals surface area contributed by atoms with Gasteiger partial charge in [-0.05, 0) is 56.7 Å².